The molecular formula is C18H30N2O4. The number of carbonyl (C=O) groups is 2. The lowest BCUT2D eigenvalue weighted by Gasteiger charge is -2.43. The van der Waals surface area contributed by atoms with Crippen LogP contribution in [0.3, 0.4) is 0 Å². The Hall–Kier alpha value is -1.14. The van der Waals surface area contributed by atoms with Gasteiger partial charge in [-0.3, -0.25) is 14.5 Å². The molecule has 3 rings (SSSR count). The Morgan fingerprint density at radius 3 is 2.79 bits per heavy atom. The van der Waals surface area contributed by atoms with Gasteiger partial charge in [-0.1, -0.05) is 20.3 Å². The van der Waals surface area contributed by atoms with Crippen molar-refractivity contribution < 1.29 is 19.1 Å². The average molecular weight is 338 g/mol. The maximum absolute atomic E-state index is 12.7. The molecule has 1 N–H and O–H groups in total. The van der Waals surface area contributed by atoms with Crippen LogP contribution in [0.5, 0.6) is 0 Å². The summed E-state index contributed by atoms with van der Waals surface area (Å²) in [6.07, 6.45) is 6.40. The van der Waals surface area contributed by atoms with E-state index in [1.54, 1.807) is 4.90 Å². The van der Waals surface area contributed by atoms with E-state index < -0.39 is 11.8 Å². The Bertz CT molecular complexity index is 478. The molecule has 0 aromatic carbocycles. The molecular weight excluding hydrogens is 308 g/mol. The first-order valence-electron chi connectivity index (χ1n) is 9.41. The summed E-state index contributed by atoms with van der Waals surface area (Å²) >= 11 is 0. The number of rotatable bonds is 4. The Kier molecular flexibility index (Phi) is 5.45. The first-order valence-corrected chi connectivity index (χ1v) is 9.41. The fourth-order valence-corrected chi connectivity index (χ4v) is 4.39. The second-order valence-electron chi connectivity index (χ2n) is 7.47. The minimum Gasteiger partial charge on any atom is -0.376 e. The van der Waals surface area contributed by atoms with Gasteiger partial charge in [-0.25, -0.2) is 0 Å². The molecule has 0 radical (unpaired) electrons. The molecule has 0 aromatic rings. The van der Waals surface area contributed by atoms with Gasteiger partial charge in [-0.15, -0.1) is 0 Å². The zero-order valence-electron chi connectivity index (χ0n) is 14.9. The monoisotopic (exact) mass is 338 g/mol. The number of carbonyl (C=O) groups excluding carboxylic acids is 2. The lowest BCUT2D eigenvalue weighted by atomic mass is 9.83. The van der Waals surface area contributed by atoms with E-state index in [4.69, 9.17) is 9.47 Å². The molecule has 2 heterocycles. The summed E-state index contributed by atoms with van der Waals surface area (Å²) in [4.78, 5) is 27.1. The third-order valence-electron chi connectivity index (χ3n) is 5.59. The van der Waals surface area contributed by atoms with E-state index in [-0.39, 0.29) is 17.9 Å². The van der Waals surface area contributed by atoms with Crippen LogP contribution in [0.4, 0.5) is 0 Å². The fraction of sp³-hybridized carbons (Fsp3) is 0.889. The molecule has 6 nitrogen and oxygen atoms in total. The minimum atomic E-state index is -0.573. The lowest BCUT2D eigenvalue weighted by Crippen LogP contribution is -2.57. The lowest BCUT2D eigenvalue weighted by molar-refractivity contribution is -0.162. The van der Waals surface area contributed by atoms with Crippen molar-refractivity contribution in [3.63, 3.8) is 0 Å². The molecule has 0 unspecified atom stereocenters. The van der Waals surface area contributed by atoms with Crippen molar-refractivity contribution in [3.8, 4) is 0 Å². The molecule has 136 valence electrons. The number of nitrogens with one attached hydrogen (secondary N) is 1. The molecule has 24 heavy (non-hydrogen) atoms. The summed E-state index contributed by atoms with van der Waals surface area (Å²) in [7, 11) is 0. The Balaban J connectivity index is 1.69. The van der Waals surface area contributed by atoms with Crippen molar-refractivity contribution >= 4 is 11.8 Å². The van der Waals surface area contributed by atoms with E-state index in [9.17, 15) is 9.59 Å². The van der Waals surface area contributed by atoms with Crippen LogP contribution < -0.4 is 5.32 Å². The maximum Gasteiger partial charge on any atom is 0.245 e. The largest absolute Gasteiger partial charge is 0.376 e. The van der Waals surface area contributed by atoms with E-state index in [1.807, 2.05) is 6.92 Å². The smallest absolute Gasteiger partial charge is 0.245 e. The van der Waals surface area contributed by atoms with Gasteiger partial charge >= 0.3 is 0 Å². The highest BCUT2D eigenvalue weighted by Gasteiger charge is 2.53. The molecule has 3 fully saturated rings. The van der Waals surface area contributed by atoms with Crippen molar-refractivity contribution in [2.45, 2.75) is 76.7 Å². The number of ether oxygens (including phenoxy) is 2. The van der Waals surface area contributed by atoms with Gasteiger partial charge in [0.1, 0.15) is 11.8 Å². The van der Waals surface area contributed by atoms with Gasteiger partial charge in [-0.05, 0) is 38.0 Å². The second-order valence-corrected chi connectivity index (χ2v) is 7.47. The molecule has 1 saturated carbocycles. The molecule has 1 spiro atoms. The molecule has 6 heteroatoms. The predicted molar refractivity (Wildman–Crippen MR) is 89.2 cm³/mol. The number of nitrogens with zero attached hydrogens (tertiary/aromatic N) is 1. The third kappa shape index (κ3) is 3.45. The van der Waals surface area contributed by atoms with Gasteiger partial charge in [0.05, 0.1) is 12.7 Å². The van der Waals surface area contributed by atoms with Gasteiger partial charge < -0.3 is 14.8 Å². The minimum absolute atomic E-state index is 0.0128. The molecule has 0 aromatic heterocycles. The van der Waals surface area contributed by atoms with Crippen LogP contribution >= 0.6 is 0 Å². The zero-order chi connectivity index (χ0) is 17.2. The maximum atomic E-state index is 12.7. The second kappa shape index (κ2) is 7.40. The standard InChI is InChI=1S/C18H30N2O4/c1-3-16(21)20-15(17(22)19-11-14-7-5-9-23-14)12-24-18(20)8-4-6-13(2)10-18/h13-15H,3-12H2,1-2H3,(H,19,22)/t13-,14-,15+,18+/m0/s1. The Labute approximate surface area is 144 Å². The predicted octanol–water partition coefficient (Wildman–Crippen LogP) is 1.83. The molecule has 1 aliphatic carbocycles. The third-order valence-corrected chi connectivity index (χ3v) is 5.59. The van der Waals surface area contributed by atoms with Crippen molar-refractivity contribution in [3.05, 3.63) is 0 Å². The molecule has 2 aliphatic heterocycles. The van der Waals surface area contributed by atoms with E-state index in [0.29, 0.717) is 25.5 Å². The summed E-state index contributed by atoms with van der Waals surface area (Å²) in [5, 5.41) is 2.97. The van der Waals surface area contributed by atoms with Crippen molar-refractivity contribution in [2.75, 3.05) is 19.8 Å². The number of hydrogen-bond donors (Lipinski definition) is 1. The van der Waals surface area contributed by atoms with E-state index in [1.165, 1.54) is 0 Å². The summed E-state index contributed by atoms with van der Waals surface area (Å²) in [6, 6.07) is -0.510. The summed E-state index contributed by atoms with van der Waals surface area (Å²) < 4.78 is 11.7. The molecule has 2 saturated heterocycles. The van der Waals surface area contributed by atoms with Gasteiger partial charge in [0.25, 0.3) is 0 Å². The topological polar surface area (TPSA) is 67.9 Å². The quantitative estimate of drug-likeness (QED) is 0.849. The summed E-state index contributed by atoms with van der Waals surface area (Å²) in [5.74, 6) is 0.417. The number of hydrogen-bond acceptors (Lipinski definition) is 4. The van der Waals surface area contributed by atoms with E-state index >= 15 is 0 Å². The Morgan fingerprint density at radius 1 is 1.29 bits per heavy atom. The van der Waals surface area contributed by atoms with Crippen molar-refractivity contribution in [1.82, 2.24) is 10.2 Å². The van der Waals surface area contributed by atoms with Crippen LogP contribution in [0.15, 0.2) is 0 Å². The molecule has 0 bridgehead atoms. The van der Waals surface area contributed by atoms with E-state index in [0.717, 1.165) is 45.1 Å². The van der Waals surface area contributed by atoms with Gasteiger partial charge in [0.2, 0.25) is 11.8 Å². The van der Waals surface area contributed by atoms with Crippen LogP contribution in [0, 0.1) is 5.92 Å². The molecule has 4 atom stereocenters. The van der Waals surface area contributed by atoms with Crippen molar-refractivity contribution in [1.29, 1.82) is 0 Å². The fourth-order valence-electron chi connectivity index (χ4n) is 4.39. The highest BCUT2D eigenvalue weighted by atomic mass is 16.5. The van der Waals surface area contributed by atoms with Crippen LogP contribution in [0.2, 0.25) is 0 Å². The van der Waals surface area contributed by atoms with Crippen LogP contribution in [0.1, 0.15) is 58.8 Å². The highest BCUT2D eigenvalue weighted by Crippen LogP contribution is 2.43. The molecule has 3 aliphatic rings. The summed E-state index contributed by atoms with van der Waals surface area (Å²) in [6.45, 7) is 5.64. The van der Waals surface area contributed by atoms with Gasteiger partial charge in [-0.2, -0.15) is 0 Å². The average Bonchev–Trinajstić information content (AvgIpc) is 3.20. The molecule has 2 amide bonds. The first-order chi connectivity index (χ1) is 11.6. The van der Waals surface area contributed by atoms with Crippen LogP contribution in [0.25, 0.3) is 0 Å². The van der Waals surface area contributed by atoms with Crippen molar-refractivity contribution in [2.24, 2.45) is 5.92 Å². The van der Waals surface area contributed by atoms with Gasteiger partial charge in [0, 0.05) is 19.6 Å². The normalized spacial score (nSPS) is 36.2. The van der Waals surface area contributed by atoms with Crippen LogP contribution in [-0.2, 0) is 19.1 Å². The first kappa shape index (κ1) is 17.7. The van der Waals surface area contributed by atoms with Gasteiger partial charge in [0.15, 0.2) is 0 Å². The Morgan fingerprint density at radius 2 is 2.12 bits per heavy atom. The van der Waals surface area contributed by atoms with E-state index in [2.05, 4.69) is 12.2 Å². The van der Waals surface area contributed by atoms with Crippen LogP contribution in [-0.4, -0.2) is 54.3 Å². The SMILES string of the molecule is CCC(=O)N1[C@@H](C(=O)NC[C@@H]2CCCO2)CO[C@@]12CCC[C@H](C)C2. The zero-order valence-corrected chi connectivity index (χ0v) is 14.9. The summed E-state index contributed by atoms with van der Waals surface area (Å²) in [5.41, 5.74) is -0.573. The highest BCUT2D eigenvalue weighted by molar-refractivity contribution is 5.88. The number of amides is 2.